The SMILES string of the molecule is COc1ccccc1Oc1cncc(C2CCCN(C(=O)c3cnn(C)c3)C2)n1. The summed E-state index contributed by atoms with van der Waals surface area (Å²) in [5.74, 6) is 1.72. The summed E-state index contributed by atoms with van der Waals surface area (Å²) in [6.07, 6.45) is 8.54. The van der Waals surface area contributed by atoms with Gasteiger partial charge in [-0.1, -0.05) is 12.1 Å². The van der Waals surface area contributed by atoms with Crippen molar-refractivity contribution in [3.8, 4) is 17.4 Å². The first-order valence-electron chi connectivity index (χ1n) is 9.55. The number of likely N-dealkylation sites (tertiary alicyclic amines) is 1. The van der Waals surface area contributed by atoms with Gasteiger partial charge in [0.15, 0.2) is 11.5 Å². The average Bonchev–Trinajstić information content (AvgIpc) is 3.20. The molecule has 3 aromatic rings. The number of aryl methyl sites for hydroxylation is 1. The topological polar surface area (TPSA) is 82.4 Å². The molecule has 1 aromatic carbocycles. The van der Waals surface area contributed by atoms with Crippen LogP contribution in [0, 0.1) is 0 Å². The van der Waals surface area contributed by atoms with E-state index in [1.807, 2.05) is 29.2 Å². The summed E-state index contributed by atoms with van der Waals surface area (Å²) in [4.78, 5) is 23.6. The molecule has 0 radical (unpaired) electrons. The monoisotopic (exact) mass is 393 g/mol. The van der Waals surface area contributed by atoms with Crippen LogP contribution in [-0.4, -0.2) is 50.8 Å². The van der Waals surface area contributed by atoms with Crippen molar-refractivity contribution in [3.05, 3.63) is 60.3 Å². The predicted octanol–water partition coefficient (Wildman–Crippen LogP) is 3.03. The third-order valence-electron chi connectivity index (χ3n) is 4.99. The third kappa shape index (κ3) is 4.21. The average molecular weight is 393 g/mol. The molecule has 1 unspecified atom stereocenters. The van der Waals surface area contributed by atoms with Gasteiger partial charge in [0.05, 0.1) is 30.8 Å². The number of carbonyl (C=O) groups is 1. The highest BCUT2D eigenvalue weighted by molar-refractivity contribution is 5.93. The number of para-hydroxylation sites is 2. The van der Waals surface area contributed by atoms with Gasteiger partial charge >= 0.3 is 0 Å². The first-order valence-corrected chi connectivity index (χ1v) is 9.55. The standard InChI is InChI=1S/C21H23N5O3/c1-25-13-16(10-23-25)21(27)26-9-5-6-15(14-26)17-11-22-12-20(24-17)29-19-8-4-3-7-18(19)28-2/h3-4,7-8,10-13,15H,5-6,9,14H2,1-2H3. The quantitative estimate of drug-likeness (QED) is 0.663. The first-order chi connectivity index (χ1) is 14.1. The molecule has 8 nitrogen and oxygen atoms in total. The summed E-state index contributed by atoms with van der Waals surface area (Å²) in [6, 6.07) is 7.40. The number of aromatic nitrogens is 4. The number of hydrogen-bond donors (Lipinski definition) is 0. The van der Waals surface area contributed by atoms with Crippen molar-refractivity contribution < 1.29 is 14.3 Å². The second-order valence-electron chi connectivity index (χ2n) is 7.03. The van der Waals surface area contributed by atoms with E-state index in [2.05, 4.69) is 15.1 Å². The summed E-state index contributed by atoms with van der Waals surface area (Å²) < 4.78 is 12.8. The maximum Gasteiger partial charge on any atom is 0.257 e. The number of benzene rings is 1. The minimum atomic E-state index is -0.00261. The molecule has 0 bridgehead atoms. The van der Waals surface area contributed by atoms with E-state index in [1.165, 1.54) is 0 Å². The number of piperidine rings is 1. The second kappa shape index (κ2) is 8.30. The van der Waals surface area contributed by atoms with Gasteiger partial charge in [-0.05, 0) is 25.0 Å². The number of ether oxygens (including phenoxy) is 2. The van der Waals surface area contributed by atoms with Gasteiger partial charge in [-0.3, -0.25) is 14.5 Å². The molecule has 0 saturated carbocycles. The molecule has 29 heavy (non-hydrogen) atoms. The van der Waals surface area contributed by atoms with Gasteiger partial charge in [0.2, 0.25) is 5.88 Å². The Morgan fingerprint density at radius 1 is 1.17 bits per heavy atom. The lowest BCUT2D eigenvalue weighted by molar-refractivity contribution is 0.0705. The van der Waals surface area contributed by atoms with Gasteiger partial charge in [0, 0.05) is 38.4 Å². The summed E-state index contributed by atoms with van der Waals surface area (Å²) in [5.41, 5.74) is 1.42. The number of amides is 1. The molecule has 2 aromatic heterocycles. The molecule has 1 amide bonds. The van der Waals surface area contributed by atoms with E-state index in [1.54, 1.807) is 43.6 Å². The van der Waals surface area contributed by atoms with Gasteiger partial charge in [0.1, 0.15) is 0 Å². The zero-order valence-corrected chi connectivity index (χ0v) is 16.5. The molecule has 4 rings (SSSR count). The normalized spacial score (nSPS) is 16.5. The summed E-state index contributed by atoms with van der Waals surface area (Å²) in [5, 5.41) is 4.10. The van der Waals surface area contributed by atoms with Crippen LogP contribution in [0.1, 0.15) is 34.8 Å². The van der Waals surface area contributed by atoms with E-state index < -0.39 is 0 Å². The highest BCUT2D eigenvalue weighted by atomic mass is 16.5. The lowest BCUT2D eigenvalue weighted by Gasteiger charge is -2.32. The number of hydrogen-bond acceptors (Lipinski definition) is 6. The molecule has 3 heterocycles. The van der Waals surface area contributed by atoms with Crippen molar-refractivity contribution >= 4 is 5.91 Å². The Kier molecular flexibility index (Phi) is 5.41. The zero-order chi connectivity index (χ0) is 20.2. The van der Waals surface area contributed by atoms with Gasteiger partial charge in [-0.25, -0.2) is 4.98 Å². The minimum absolute atomic E-state index is 0.00261. The Hall–Kier alpha value is -3.42. The van der Waals surface area contributed by atoms with Crippen molar-refractivity contribution in [2.24, 2.45) is 7.05 Å². The lowest BCUT2D eigenvalue weighted by atomic mass is 9.94. The molecule has 0 spiro atoms. The van der Waals surface area contributed by atoms with Crippen molar-refractivity contribution in [2.75, 3.05) is 20.2 Å². The Balaban J connectivity index is 1.49. The van der Waals surface area contributed by atoms with Crippen LogP contribution < -0.4 is 9.47 Å². The Bertz CT molecular complexity index is 1000. The van der Waals surface area contributed by atoms with Crippen LogP contribution in [0.5, 0.6) is 17.4 Å². The van der Waals surface area contributed by atoms with E-state index in [0.29, 0.717) is 29.5 Å². The number of rotatable bonds is 5. The molecule has 1 saturated heterocycles. The van der Waals surface area contributed by atoms with Gasteiger partial charge < -0.3 is 14.4 Å². The molecule has 1 aliphatic rings. The van der Waals surface area contributed by atoms with E-state index in [4.69, 9.17) is 9.47 Å². The van der Waals surface area contributed by atoms with E-state index >= 15 is 0 Å². The van der Waals surface area contributed by atoms with E-state index in [9.17, 15) is 4.79 Å². The lowest BCUT2D eigenvalue weighted by Crippen LogP contribution is -2.39. The van der Waals surface area contributed by atoms with Gasteiger partial charge in [-0.15, -0.1) is 0 Å². The summed E-state index contributed by atoms with van der Waals surface area (Å²) >= 11 is 0. The zero-order valence-electron chi connectivity index (χ0n) is 16.5. The molecule has 0 N–H and O–H groups in total. The first kappa shape index (κ1) is 18.9. The molecule has 1 atom stereocenters. The fourth-order valence-electron chi connectivity index (χ4n) is 3.54. The Morgan fingerprint density at radius 2 is 2.00 bits per heavy atom. The van der Waals surface area contributed by atoms with Crippen molar-refractivity contribution in [1.82, 2.24) is 24.6 Å². The fraction of sp³-hybridized carbons (Fsp3) is 0.333. The van der Waals surface area contributed by atoms with Crippen LogP contribution in [0.25, 0.3) is 0 Å². The van der Waals surface area contributed by atoms with Crippen LogP contribution >= 0.6 is 0 Å². The minimum Gasteiger partial charge on any atom is -0.493 e. The van der Waals surface area contributed by atoms with Crippen LogP contribution in [0.2, 0.25) is 0 Å². The van der Waals surface area contributed by atoms with Gasteiger partial charge in [-0.2, -0.15) is 5.10 Å². The highest BCUT2D eigenvalue weighted by Crippen LogP contribution is 2.31. The number of carbonyl (C=O) groups excluding carboxylic acids is 1. The smallest absolute Gasteiger partial charge is 0.257 e. The molecular weight excluding hydrogens is 370 g/mol. The van der Waals surface area contributed by atoms with Crippen LogP contribution in [0.4, 0.5) is 0 Å². The van der Waals surface area contributed by atoms with Gasteiger partial charge in [0.25, 0.3) is 5.91 Å². The second-order valence-corrected chi connectivity index (χ2v) is 7.03. The fourth-order valence-corrected chi connectivity index (χ4v) is 3.54. The third-order valence-corrected chi connectivity index (χ3v) is 4.99. The Labute approximate surface area is 169 Å². The molecule has 0 aliphatic carbocycles. The van der Waals surface area contributed by atoms with E-state index in [-0.39, 0.29) is 11.8 Å². The molecular formula is C21H23N5O3. The number of methoxy groups -OCH3 is 1. The summed E-state index contributed by atoms with van der Waals surface area (Å²) in [7, 11) is 3.40. The van der Waals surface area contributed by atoms with E-state index in [0.717, 1.165) is 25.1 Å². The maximum absolute atomic E-state index is 12.8. The summed E-state index contributed by atoms with van der Waals surface area (Å²) in [6.45, 7) is 1.33. The largest absolute Gasteiger partial charge is 0.493 e. The predicted molar refractivity (Wildman–Crippen MR) is 106 cm³/mol. The molecule has 8 heteroatoms. The number of nitrogens with zero attached hydrogens (tertiary/aromatic N) is 5. The van der Waals surface area contributed by atoms with Crippen LogP contribution in [0.15, 0.2) is 49.1 Å². The van der Waals surface area contributed by atoms with Crippen LogP contribution in [-0.2, 0) is 7.05 Å². The Morgan fingerprint density at radius 3 is 2.76 bits per heavy atom. The maximum atomic E-state index is 12.8. The van der Waals surface area contributed by atoms with Crippen molar-refractivity contribution in [1.29, 1.82) is 0 Å². The molecule has 150 valence electrons. The van der Waals surface area contributed by atoms with Crippen molar-refractivity contribution in [3.63, 3.8) is 0 Å². The van der Waals surface area contributed by atoms with Crippen molar-refractivity contribution in [2.45, 2.75) is 18.8 Å². The molecule has 1 fully saturated rings. The highest BCUT2D eigenvalue weighted by Gasteiger charge is 2.27. The molecule has 1 aliphatic heterocycles. The van der Waals surface area contributed by atoms with Crippen LogP contribution in [0.3, 0.4) is 0 Å².